The standard InChI is InChI=1S/C18H19N3O3/c1-11-9-16(22)21(2)10-15(11)20-18(24)13-5-7-14(8-6-13)19-17(23)12-3-4-12/h5-10,12H,3-4H2,1-2H3,(H,19,23)(H,20,24). The van der Waals surface area contributed by atoms with E-state index in [1.165, 1.54) is 10.6 Å². The Morgan fingerprint density at radius 3 is 2.42 bits per heavy atom. The highest BCUT2D eigenvalue weighted by molar-refractivity contribution is 6.05. The summed E-state index contributed by atoms with van der Waals surface area (Å²) in [5.74, 6) is -0.0921. The first-order valence-corrected chi connectivity index (χ1v) is 7.83. The fraction of sp³-hybridized carbons (Fsp3) is 0.278. The molecule has 1 aromatic carbocycles. The second-order valence-electron chi connectivity index (χ2n) is 6.11. The van der Waals surface area contributed by atoms with E-state index >= 15 is 0 Å². The summed E-state index contributed by atoms with van der Waals surface area (Å²) in [5, 5.41) is 5.63. The van der Waals surface area contributed by atoms with Crippen molar-refractivity contribution >= 4 is 23.2 Å². The molecule has 1 fully saturated rings. The maximum atomic E-state index is 12.3. The lowest BCUT2D eigenvalue weighted by atomic mass is 10.1. The Morgan fingerprint density at radius 2 is 1.79 bits per heavy atom. The number of rotatable bonds is 4. The topological polar surface area (TPSA) is 80.2 Å². The molecular weight excluding hydrogens is 306 g/mol. The van der Waals surface area contributed by atoms with Crippen molar-refractivity contribution in [2.75, 3.05) is 10.6 Å². The van der Waals surface area contributed by atoms with Gasteiger partial charge in [-0.15, -0.1) is 0 Å². The van der Waals surface area contributed by atoms with Gasteiger partial charge in [0.1, 0.15) is 0 Å². The average Bonchev–Trinajstić information content (AvgIpc) is 3.38. The van der Waals surface area contributed by atoms with Crippen molar-refractivity contribution in [1.82, 2.24) is 4.57 Å². The van der Waals surface area contributed by atoms with Crippen LogP contribution in [0.5, 0.6) is 0 Å². The van der Waals surface area contributed by atoms with E-state index in [0.717, 1.165) is 12.8 Å². The Bertz CT molecular complexity index is 849. The van der Waals surface area contributed by atoms with Gasteiger partial charge in [0, 0.05) is 36.5 Å². The van der Waals surface area contributed by atoms with Crippen molar-refractivity contribution in [3.05, 3.63) is 58.0 Å². The molecule has 124 valence electrons. The van der Waals surface area contributed by atoms with Crippen LogP contribution in [-0.2, 0) is 11.8 Å². The monoisotopic (exact) mass is 325 g/mol. The molecule has 1 saturated carbocycles. The molecule has 2 N–H and O–H groups in total. The molecule has 24 heavy (non-hydrogen) atoms. The zero-order valence-electron chi connectivity index (χ0n) is 13.6. The van der Waals surface area contributed by atoms with Crippen molar-refractivity contribution in [1.29, 1.82) is 0 Å². The van der Waals surface area contributed by atoms with Crippen molar-refractivity contribution in [2.45, 2.75) is 19.8 Å². The highest BCUT2D eigenvalue weighted by Gasteiger charge is 2.29. The van der Waals surface area contributed by atoms with E-state index < -0.39 is 0 Å². The van der Waals surface area contributed by atoms with Gasteiger partial charge in [-0.3, -0.25) is 14.4 Å². The average molecular weight is 325 g/mol. The number of carbonyl (C=O) groups excluding carboxylic acids is 2. The molecule has 1 aromatic heterocycles. The van der Waals surface area contributed by atoms with Gasteiger partial charge in [0.15, 0.2) is 0 Å². The maximum Gasteiger partial charge on any atom is 0.255 e. The third kappa shape index (κ3) is 3.53. The second kappa shape index (κ2) is 6.31. The number of amides is 2. The summed E-state index contributed by atoms with van der Waals surface area (Å²) in [6.45, 7) is 1.77. The van der Waals surface area contributed by atoms with Gasteiger partial charge < -0.3 is 15.2 Å². The third-order valence-corrected chi connectivity index (χ3v) is 4.05. The fourth-order valence-electron chi connectivity index (χ4n) is 2.34. The molecule has 0 unspecified atom stereocenters. The molecule has 0 spiro atoms. The maximum absolute atomic E-state index is 12.3. The van der Waals surface area contributed by atoms with Crippen LogP contribution in [-0.4, -0.2) is 16.4 Å². The summed E-state index contributed by atoms with van der Waals surface area (Å²) in [4.78, 5) is 35.6. The van der Waals surface area contributed by atoms with Gasteiger partial charge in [-0.25, -0.2) is 0 Å². The van der Waals surface area contributed by atoms with Crippen molar-refractivity contribution in [2.24, 2.45) is 13.0 Å². The molecule has 0 radical (unpaired) electrons. The molecule has 1 aliphatic rings. The van der Waals surface area contributed by atoms with E-state index in [1.807, 2.05) is 0 Å². The van der Waals surface area contributed by atoms with Gasteiger partial charge in [-0.05, 0) is 49.6 Å². The highest BCUT2D eigenvalue weighted by atomic mass is 16.2. The summed E-state index contributed by atoms with van der Waals surface area (Å²) < 4.78 is 1.42. The van der Waals surface area contributed by atoms with Crippen molar-refractivity contribution in [3.63, 3.8) is 0 Å². The Kier molecular flexibility index (Phi) is 4.20. The lowest BCUT2D eigenvalue weighted by Gasteiger charge is -2.10. The van der Waals surface area contributed by atoms with Gasteiger partial charge in [0.25, 0.3) is 11.5 Å². The van der Waals surface area contributed by atoms with E-state index in [-0.39, 0.29) is 23.3 Å². The largest absolute Gasteiger partial charge is 0.326 e. The Morgan fingerprint density at radius 1 is 1.12 bits per heavy atom. The third-order valence-electron chi connectivity index (χ3n) is 4.05. The predicted molar refractivity (Wildman–Crippen MR) is 92.2 cm³/mol. The van der Waals surface area contributed by atoms with E-state index in [1.54, 1.807) is 44.4 Å². The first-order valence-electron chi connectivity index (χ1n) is 7.83. The number of aromatic nitrogens is 1. The van der Waals surface area contributed by atoms with Gasteiger partial charge in [0.2, 0.25) is 5.91 Å². The SMILES string of the molecule is Cc1cc(=O)n(C)cc1NC(=O)c1ccc(NC(=O)C2CC2)cc1. The summed E-state index contributed by atoms with van der Waals surface area (Å²) >= 11 is 0. The predicted octanol–water partition coefficient (Wildman–Crippen LogP) is 2.29. The zero-order chi connectivity index (χ0) is 17.3. The van der Waals surface area contributed by atoms with Gasteiger partial charge in [-0.2, -0.15) is 0 Å². The molecule has 0 saturated heterocycles. The van der Waals surface area contributed by atoms with E-state index in [9.17, 15) is 14.4 Å². The molecular formula is C18H19N3O3. The van der Waals surface area contributed by atoms with Crippen molar-refractivity contribution in [3.8, 4) is 0 Å². The van der Waals surface area contributed by atoms with Crippen LogP contribution in [0.2, 0.25) is 0 Å². The number of nitrogens with zero attached hydrogens (tertiary/aromatic N) is 1. The van der Waals surface area contributed by atoms with E-state index in [0.29, 0.717) is 22.5 Å². The van der Waals surface area contributed by atoms with Crippen LogP contribution < -0.4 is 16.2 Å². The molecule has 0 aliphatic heterocycles. The van der Waals surface area contributed by atoms with Crippen LogP contribution in [0.1, 0.15) is 28.8 Å². The van der Waals surface area contributed by atoms with Gasteiger partial charge in [-0.1, -0.05) is 0 Å². The van der Waals surface area contributed by atoms with E-state index in [4.69, 9.17) is 0 Å². The quantitative estimate of drug-likeness (QED) is 0.905. The van der Waals surface area contributed by atoms with Crippen LogP contribution in [0.25, 0.3) is 0 Å². The van der Waals surface area contributed by atoms with Crippen LogP contribution in [0.3, 0.4) is 0 Å². The molecule has 6 nitrogen and oxygen atoms in total. The fourth-order valence-corrected chi connectivity index (χ4v) is 2.34. The Balaban J connectivity index is 1.70. The molecule has 6 heteroatoms. The Labute approximate surface area is 139 Å². The molecule has 0 bridgehead atoms. The van der Waals surface area contributed by atoms with Gasteiger partial charge in [0.05, 0.1) is 5.69 Å². The van der Waals surface area contributed by atoms with E-state index in [2.05, 4.69) is 10.6 Å². The van der Waals surface area contributed by atoms with Crippen molar-refractivity contribution < 1.29 is 9.59 Å². The molecule has 2 aromatic rings. The highest BCUT2D eigenvalue weighted by Crippen LogP contribution is 2.30. The molecule has 2 amide bonds. The minimum atomic E-state index is -0.267. The summed E-state index contributed by atoms with van der Waals surface area (Å²) in [5.41, 5.74) is 2.34. The van der Waals surface area contributed by atoms with Crippen LogP contribution in [0, 0.1) is 12.8 Å². The second-order valence-corrected chi connectivity index (χ2v) is 6.11. The molecule has 1 heterocycles. The number of pyridine rings is 1. The lowest BCUT2D eigenvalue weighted by Crippen LogP contribution is -2.19. The van der Waals surface area contributed by atoms with Crippen LogP contribution in [0.15, 0.2) is 41.3 Å². The van der Waals surface area contributed by atoms with Crippen LogP contribution in [0.4, 0.5) is 11.4 Å². The lowest BCUT2D eigenvalue weighted by molar-refractivity contribution is -0.117. The summed E-state index contributed by atoms with van der Waals surface area (Å²) in [7, 11) is 1.63. The number of anilines is 2. The normalized spacial score (nSPS) is 13.4. The number of benzene rings is 1. The van der Waals surface area contributed by atoms with Crippen LogP contribution >= 0.6 is 0 Å². The first kappa shape index (κ1) is 16.0. The number of carbonyl (C=O) groups is 2. The smallest absolute Gasteiger partial charge is 0.255 e. The minimum Gasteiger partial charge on any atom is -0.326 e. The number of nitrogens with one attached hydrogen (secondary N) is 2. The van der Waals surface area contributed by atoms with Gasteiger partial charge >= 0.3 is 0 Å². The zero-order valence-corrected chi connectivity index (χ0v) is 13.6. The number of aryl methyl sites for hydroxylation is 2. The molecule has 1 aliphatic carbocycles. The minimum absolute atomic E-state index is 0.0352. The summed E-state index contributed by atoms with van der Waals surface area (Å²) in [6, 6.07) is 8.22. The number of hydrogen-bond acceptors (Lipinski definition) is 3. The first-order chi connectivity index (χ1) is 11.4. The summed E-state index contributed by atoms with van der Waals surface area (Å²) in [6.07, 6.45) is 3.50. The Hall–Kier alpha value is -2.89. The number of hydrogen-bond donors (Lipinski definition) is 2. The molecule has 0 atom stereocenters. The molecule has 3 rings (SSSR count).